The number of aliphatic hydroxyl groups is 2. The first-order valence-corrected chi connectivity index (χ1v) is 8.66. The van der Waals surface area contributed by atoms with Gasteiger partial charge in [0.2, 0.25) is 5.91 Å². The lowest BCUT2D eigenvalue weighted by molar-refractivity contribution is -0.138. The van der Waals surface area contributed by atoms with Crippen molar-refractivity contribution < 1.29 is 15.0 Å². The minimum atomic E-state index is -1.13. The predicted octanol–water partition coefficient (Wildman–Crippen LogP) is 0.745. The smallest absolute Gasteiger partial charge is 0.223 e. The Balaban J connectivity index is 2.00. The van der Waals surface area contributed by atoms with Gasteiger partial charge in [0, 0.05) is 18.4 Å². The molecule has 0 aromatic carbocycles. The Bertz CT molecular complexity index is 530. The second kappa shape index (κ2) is 8.05. The fourth-order valence-corrected chi connectivity index (χ4v) is 3.55. The summed E-state index contributed by atoms with van der Waals surface area (Å²) in [5.74, 6) is -0.809. The van der Waals surface area contributed by atoms with E-state index in [2.05, 4.69) is 11.9 Å². The van der Waals surface area contributed by atoms with E-state index in [9.17, 15) is 15.0 Å². The van der Waals surface area contributed by atoms with Crippen molar-refractivity contribution in [2.24, 2.45) is 23.3 Å². The molecule has 1 aliphatic rings. The van der Waals surface area contributed by atoms with Crippen molar-refractivity contribution >= 4 is 5.91 Å². The molecule has 3 unspecified atom stereocenters. The van der Waals surface area contributed by atoms with Crippen LogP contribution in [0.5, 0.6) is 0 Å². The van der Waals surface area contributed by atoms with Crippen molar-refractivity contribution in [1.82, 2.24) is 4.98 Å². The van der Waals surface area contributed by atoms with Crippen LogP contribution in [0.2, 0.25) is 0 Å². The molecule has 1 aliphatic carbocycles. The van der Waals surface area contributed by atoms with Crippen LogP contribution in [0.3, 0.4) is 0 Å². The van der Waals surface area contributed by atoms with Crippen molar-refractivity contribution in [1.29, 1.82) is 0 Å². The highest BCUT2D eigenvalue weighted by Crippen LogP contribution is 2.39. The summed E-state index contributed by atoms with van der Waals surface area (Å²) in [6, 6.07) is 3.16. The Morgan fingerprint density at radius 3 is 2.67 bits per heavy atom. The van der Waals surface area contributed by atoms with E-state index in [1.807, 2.05) is 12.1 Å². The molecule has 0 spiro atoms. The van der Waals surface area contributed by atoms with Crippen LogP contribution >= 0.6 is 0 Å². The third-order valence-corrected chi connectivity index (χ3v) is 5.30. The Hall–Kier alpha value is -1.50. The van der Waals surface area contributed by atoms with Crippen LogP contribution in [0.4, 0.5) is 0 Å². The number of carbonyl (C=O) groups is 1. The molecule has 6 heteroatoms. The third kappa shape index (κ3) is 4.75. The molecule has 1 fully saturated rings. The number of carbonyl (C=O) groups excluding carboxylic acids is 1. The van der Waals surface area contributed by atoms with Crippen LogP contribution < -0.4 is 11.5 Å². The highest BCUT2D eigenvalue weighted by atomic mass is 16.3. The van der Waals surface area contributed by atoms with Crippen LogP contribution in [0, 0.1) is 11.8 Å². The largest absolute Gasteiger partial charge is 0.391 e. The van der Waals surface area contributed by atoms with Gasteiger partial charge >= 0.3 is 0 Å². The minimum absolute atomic E-state index is 0.0850. The van der Waals surface area contributed by atoms with Crippen molar-refractivity contribution in [3.63, 3.8) is 0 Å². The highest BCUT2D eigenvalue weighted by Gasteiger charge is 2.43. The summed E-state index contributed by atoms with van der Waals surface area (Å²) in [4.78, 5) is 15.9. The number of nitrogens with zero attached hydrogens (tertiary/aromatic N) is 1. The Morgan fingerprint density at radius 2 is 2.12 bits per heavy atom. The number of aliphatic hydroxyl groups excluding tert-OH is 1. The van der Waals surface area contributed by atoms with Gasteiger partial charge in [-0.2, -0.15) is 0 Å². The van der Waals surface area contributed by atoms with Crippen LogP contribution in [-0.4, -0.2) is 38.9 Å². The van der Waals surface area contributed by atoms with Gasteiger partial charge in [-0.15, -0.1) is 0 Å². The number of amides is 1. The first-order chi connectivity index (χ1) is 11.3. The second-order valence-electron chi connectivity index (χ2n) is 7.27. The number of hydrogen-bond donors (Lipinski definition) is 4. The summed E-state index contributed by atoms with van der Waals surface area (Å²) in [5, 5.41) is 21.3. The molecular weight excluding hydrogens is 306 g/mol. The summed E-state index contributed by atoms with van der Waals surface area (Å²) in [7, 11) is 0. The molecule has 6 N–H and O–H groups in total. The lowest BCUT2D eigenvalue weighted by Gasteiger charge is -2.40. The molecule has 1 aromatic rings. The minimum Gasteiger partial charge on any atom is -0.391 e. The van der Waals surface area contributed by atoms with Crippen molar-refractivity contribution in [3.05, 3.63) is 30.1 Å². The van der Waals surface area contributed by atoms with Crippen LogP contribution in [0.1, 0.15) is 44.6 Å². The Labute approximate surface area is 143 Å². The van der Waals surface area contributed by atoms with E-state index < -0.39 is 29.6 Å². The SMILES string of the molecule is CC1CCC(O)(C(CC(O)C(N)Cc2cccnc2)C(N)=O)CC1. The van der Waals surface area contributed by atoms with E-state index in [4.69, 9.17) is 11.5 Å². The summed E-state index contributed by atoms with van der Waals surface area (Å²) in [6.45, 7) is 2.14. The molecule has 1 amide bonds. The van der Waals surface area contributed by atoms with Crippen molar-refractivity contribution in [2.45, 2.75) is 63.2 Å². The summed E-state index contributed by atoms with van der Waals surface area (Å²) in [5.41, 5.74) is 11.4. The number of rotatable bonds is 7. The predicted molar refractivity (Wildman–Crippen MR) is 91.8 cm³/mol. The van der Waals surface area contributed by atoms with Crippen molar-refractivity contribution in [3.8, 4) is 0 Å². The maximum absolute atomic E-state index is 11.9. The average molecular weight is 335 g/mol. The Morgan fingerprint density at radius 1 is 1.46 bits per heavy atom. The molecule has 0 bridgehead atoms. The number of primary amides is 1. The van der Waals surface area contributed by atoms with E-state index in [-0.39, 0.29) is 6.42 Å². The number of aromatic nitrogens is 1. The van der Waals surface area contributed by atoms with Gasteiger partial charge in [-0.3, -0.25) is 9.78 Å². The topological polar surface area (TPSA) is 122 Å². The van der Waals surface area contributed by atoms with E-state index >= 15 is 0 Å². The summed E-state index contributed by atoms with van der Waals surface area (Å²) in [6.07, 6.45) is 5.79. The maximum atomic E-state index is 11.9. The van der Waals surface area contributed by atoms with Gasteiger partial charge in [-0.25, -0.2) is 0 Å². The van der Waals surface area contributed by atoms with Gasteiger partial charge in [0.15, 0.2) is 0 Å². The fourth-order valence-electron chi connectivity index (χ4n) is 3.55. The van der Waals surface area contributed by atoms with Crippen LogP contribution in [0.15, 0.2) is 24.5 Å². The average Bonchev–Trinajstić information content (AvgIpc) is 2.56. The molecule has 3 atom stereocenters. The van der Waals surface area contributed by atoms with E-state index in [1.54, 1.807) is 12.4 Å². The van der Waals surface area contributed by atoms with Crippen molar-refractivity contribution in [2.75, 3.05) is 0 Å². The second-order valence-corrected chi connectivity index (χ2v) is 7.27. The first kappa shape index (κ1) is 18.8. The zero-order valence-electron chi connectivity index (χ0n) is 14.3. The molecule has 0 radical (unpaired) electrons. The maximum Gasteiger partial charge on any atom is 0.223 e. The molecule has 2 rings (SSSR count). The van der Waals surface area contributed by atoms with Gasteiger partial charge in [-0.05, 0) is 56.1 Å². The molecule has 1 heterocycles. The molecule has 0 aliphatic heterocycles. The van der Waals surface area contributed by atoms with Crippen LogP contribution in [0.25, 0.3) is 0 Å². The monoisotopic (exact) mass is 335 g/mol. The number of nitrogens with two attached hydrogens (primary N) is 2. The number of hydrogen-bond acceptors (Lipinski definition) is 5. The molecule has 134 valence electrons. The zero-order valence-corrected chi connectivity index (χ0v) is 14.3. The van der Waals surface area contributed by atoms with Gasteiger partial charge in [-0.1, -0.05) is 13.0 Å². The molecule has 0 saturated heterocycles. The van der Waals surface area contributed by atoms with Gasteiger partial charge in [0.05, 0.1) is 17.6 Å². The normalized spacial score (nSPS) is 28.1. The Kier molecular flexibility index (Phi) is 6.32. The molecule has 24 heavy (non-hydrogen) atoms. The third-order valence-electron chi connectivity index (χ3n) is 5.30. The van der Waals surface area contributed by atoms with E-state index in [1.165, 1.54) is 0 Å². The lowest BCUT2D eigenvalue weighted by atomic mass is 9.70. The first-order valence-electron chi connectivity index (χ1n) is 8.66. The van der Waals surface area contributed by atoms with Gasteiger partial charge in [0.1, 0.15) is 0 Å². The highest BCUT2D eigenvalue weighted by molar-refractivity contribution is 5.78. The lowest BCUT2D eigenvalue weighted by Crippen LogP contribution is -2.50. The quantitative estimate of drug-likeness (QED) is 0.585. The fraction of sp³-hybridized carbons (Fsp3) is 0.667. The number of pyridine rings is 1. The summed E-state index contributed by atoms with van der Waals surface area (Å²) >= 11 is 0. The van der Waals surface area contributed by atoms with Gasteiger partial charge in [0.25, 0.3) is 0 Å². The zero-order chi connectivity index (χ0) is 17.7. The van der Waals surface area contributed by atoms with E-state index in [0.717, 1.165) is 18.4 Å². The molecule has 1 saturated carbocycles. The van der Waals surface area contributed by atoms with Gasteiger partial charge < -0.3 is 21.7 Å². The standard InChI is InChI=1S/C18H29N3O3/c1-12-4-6-18(24,7-5-12)14(17(20)23)10-16(22)15(19)9-13-3-2-8-21-11-13/h2-3,8,11-12,14-16,22,24H,4-7,9-10,19H2,1H3,(H2,20,23). The molecule has 6 nitrogen and oxygen atoms in total. The van der Waals surface area contributed by atoms with Crippen LogP contribution in [-0.2, 0) is 11.2 Å². The van der Waals surface area contributed by atoms with E-state index in [0.29, 0.717) is 25.2 Å². The summed E-state index contributed by atoms with van der Waals surface area (Å²) < 4.78 is 0. The molecular formula is C18H29N3O3. The molecule has 1 aromatic heterocycles.